The van der Waals surface area contributed by atoms with Gasteiger partial charge in [-0.05, 0) is 69.4 Å². The Labute approximate surface area is 162 Å². The van der Waals surface area contributed by atoms with Crippen LogP contribution in [0, 0.1) is 11.8 Å². The summed E-state index contributed by atoms with van der Waals surface area (Å²) in [6, 6.07) is 0. The average Bonchev–Trinajstić information content (AvgIpc) is 2.67. The van der Waals surface area contributed by atoms with Gasteiger partial charge in [-0.25, -0.2) is 0 Å². The Morgan fingerprint density at radius 3 is 2.31 bits per heavy atom. The summed E-state index contributed by atoms with van der Waals surface area (Å²) in [5.74, 6) is 1.52. The molecule has 2 rings (SSSR count). The lowest BCUT2D eigenvalue weighted by Crippen LogP contribution is -2.24. The van der Waals surface area contributed by atoms with Crippen molar-refractivity contribution in [3.63, 3.8) is 0 Å². The van der Waals surface area contributed by atoms with E-state index in [0.29, 0.717) is 5.78 Å². The Bertz CT molecular complexity index is 451. The van der Waals surface area contributed by atoms with E-state index in [2.05, 4.69) is 24.9 Å². The largest absolute Gasteiger partial charge is 0.377 e. The van der Waals surface area contributed by atoms with Gasteiger partial charge < -0.3 is 4.90 Å². The molecule has 2 fully saturated rings. The number of hydrogen-bond donors (Lipinski definition) is 0. The summed E-state index contributed by atoms with van der Waals surface area (Å²) in [5, 5.41) is 0. The normalized spacial score (nSPS) is 25.0. The zero-order valence-electron chi connectivity index (χ0n) is 17.3. The van der Waals surface area contributed by atoms with Crippen LogP contribution in [-0.4, -0.2) is 23.8 Å². The molecule has 2 heteroatoms. The van der Waals surface area contributed by atoms with E-state index in [4.69, 9.17) is 0 Å². The highest BCUT2D eigenvalue weighted by molar-refractivity contribution is 5.92. The van der Waals surface area contributed by atoms with Crippen molar-refractivity contribution >= 4 is 5.78 Å². The third kappa shape index (κ3) is 8.10. The van der Waals surface area contributed by atoms with Crippen LogP contribution in [0.2, 0.25) is 0 Å². The van der Waals surface area contributed by atoms with E-state index in [-0.39, 0.29) is 5.92 Å². The van der Waals surface area contributed by atoms with Gasteiger partial charge in [0, 0.05) is 25.2 Å². The first kappa shape index (κ1) is 21.3. The van der Waals surface area contributed by atoms with Crippen LogP contribution in [0.4, 0.5) is 0 Å². The molecule has 1 saturated heterocycles. The number of ketones is 1. The average molecular weight is 360 g/mol. The van der Waals surface area contributed by atoms with E-state index in [9.17, 15) is 4.79 Å². The van der Waals surface area contributed by atoms with Crippen molar-refractivity contribution < 1.29 is 4.79 Å². The zero-order valence-corrected chi connectivity index (χ0v) is 17.3. The highest BCUT2D eigenvalue weighted by Crippen LogP contribution is 2.32. The number of unbranched alkanes of at least 4 members (excludes halogenated alkanes) is 4. The molecule has 26 heavy (non-hydrogen) atoms. The first-order valence-corrected chi connectivity index (χ1v) is 11.3. The van der Waals surface area contributed by atoms with Crippen molar-refractivity contribution in [1.29, 1.82) is 0 Å². The third-order valence-electron chi connectivity index (χ3n) is 6.25. The van der Waals surface area contributed by atoms with Crippen LogP contribution in [0.25, 0.3) is 0 Å². The van der Waals surface area contributed by atoms with Gasteiger partial charge in [-0.15, -0.1) is 0 Å². The van der Waals surface area contributed by atoms with Crippen LogP contribution >= 0.6 is 0 Å². The third-order valence-corrected chi connectivity index (χ3v) is 6.25. The number of likely N-dealkylation sites (tertiary alicyclic amines) is 1. The Balaban J connectivity index is 1.65. The summed E-state index contributed by atoms with van der Waals surface area (Å²) in [6.45, 7) is 6.73. The molecule has 0 amide bonds. The second-order valence-electron chi connectivity index (χ2n) is 8.63. The van der Waals surface area contributed by atoms with E-state index in [0.717, 1.165) is 18.8 Å². The maximum absolute atomic E-state index is 12.5. The molecule has 1 aliphatic carbocycles. The van der Waals surface area contributed by atoms with E-state index >= 15 is 0 Å². The van der Waals surface area contributed by atoms with Crippen LogP contribution in [-0.2, 0) is 4.79 Å². The lowest BCUT2D eigenvalue weighted by Gasteiger charge is -2.27. The summed E-state index contributed by atoms with van der Waals surface area (Å²) in [6.07, 6.45) is 23.1. The summed E-state index contributed by atoms with van der Waals surface area (Å²) in [4.78, 5) is 14.9. The van der Waals surface area contributed by atoms with Gasteiger partial charge in [0.25, 0.3) is 0 Å². The molecular formula is C24H41NO. The summed E-state index contributed by atoms with van der Waals surface area (Å²) >= 11 is 0. The van der Waals surface area contributed by atoms with Gasteiger partial charge in [0.2, 0.25) is 0 Å². The van der Waals surface area contributed by atoms with E-state index in [1.807, 2.05) is 12.2 Å². The van der Waals surface area contributed by atoms with Crippen molar-refractivity contribution in [2.45, 2.75) is 97.3 Å². The van der Waals surface area contributed by atoms with Crippen molar-refractivity contribution in [2.75, 3.05) is 13.1 Å². The van der Waals surface area contributed by atoms with Crippen LogP contribution in [0.1, 0.15) is 97.3 Å². The molecule has 0 aromatic carbocycles. The highest BCUT2D eigenvalue weighted by atomic mass is 16.1. The van der Waals surface area contributed by atoms with Gasteiger partial charge in [-0.1, -0.05) is 51.5 Å². The first-order valence-electron chi connectivity index (χ1n) is 11.3. The molecule has 1 saturated carbocycles. The van der Waals surface area contributed by atoms with Gasteiger partial charge in [0.1, 0.15) is 0 Å². The van der Waals surface area contributed by atoms with Crippen LogP contribution in [0.3, 0.4) is 0 Å². The fourth-order valence-corrected chi connectivity index (χ4v) is 4.50. The monoisotopic (exact) mass is 359 g/mol. The predicted octanol–water partition coefficient (Wildman–Crippen LogP) is 6.67. The lowest BCUT2D eigenvalue weighted by atomic mass is 9.78. The Kier molecular flexibility index (Phi) is 10.1. The number of rotatable bonds is 10. The maximum Gasteiger partial charge on any atom is 0.158 e. The van der Waals surface area contributed by atoms with Gasteiger partial charge in [0.05, 0.1) is 0 Å². The minimum atomic E-state index is 0.283. The zero-order chi connectivity index (χ0) is 18.6. The molecule has 0 atom stereocenters. The minimum absolute atomic E-state index is 0.283. The number of nitrogens with zero attached hydrogens (tertiary/aromatic N) is 1. The van der Waals surface area contributed by atoms with Crippen molar-refractivity contribution in [3.8, 4) is 0 Å². The molecule has 0 radical (unpaired) electrons. The van der Waals surface area contributed by atoms with Crippen LogP contribution in [0.15, 0.2) is 23.9 Å². The predicted molar refractivity (Wildman–Crippen MR) is 112 cm³/mol. The molecule has 2 aliphatic rings. The topological polar surface area (TPSA) is 20.3 Å². The number of carbonyl (C=O) groups is 1. The number of hydrogen-bond acceptors (Lipinski definition) is 2. The van der Waals surface area contributed by atoms with Gasteiger partial charge >= 0.3 is 0 Å². The van der Waals surface area contributed by atoms with Gasteiger partial charge in [0.15, 0.2) is 5.78 Å². The van der Waals surface area contributed by atoms with Crippen molar-refractivity contribution in [3.05, 3.63) is 23.9 Å². The smallest absolute Gasteiger partial charge is 0.158 e. The Hall–Kier alpha value is -1.05. The standard InChI is InChI=1S/C24H41NO/c1-3-4-5-6-8-11-22-13-15-23(16-14-22)24(26)17-12-21(2)20-25-18-9-7-10-19-25/h12,17,20,22-23H,3-11,13-16,18-19H2,1-2H3/b17-12+,21-20+. The minimum Gasteiger partial charge on any atom is -0.377 e. The van der Waals surface area contributed by atoms with Gasteiger partial charge in [-0.2, -0.15) is 0 Å². The van der Waals surface area contributed by atoms with Crippen molar-refractivity contribution in [2.24, 2.45) is 11.8 Å². The molecule has 1 heterocycles. The molecule has 0 N–H and O–H groups in total. The first-order chi connectivity index (χ1) is 12.7. The second-order valence-corrected chi connectivity index (χ2v) is 8.63. The van der Waals surface area contributed by atoms with Crippen LogP contribution in [0.5, 0.6) is 0 Å². The van der Waals surface area contributed by atoms with E-state index in [1.54, 1.807) is 0 Å². The molecule has 0 unspecified atom stereocenters. The van der Waals surface area contributed by atoms with Gasteiger partial charge in [-0.3, -0.25) is 4.79 Å². The molecule has 0 aromatic rings. The van der Waals surface area contributed by atoms with Crippen LogP contribution < -0.4 is 0 Å². The van der Waals surface area contributed by atoms with Crippen molar-refractivity contribution in [1.82, 2.24) is 4.90 Å². The number of piperidine rings is 1. The lowest BCUT2D eigenvalue weighted by molar-refractivity contribution is -0.119. The maximum atomic E-state index is 12.5. The Morgan fingerprint density at radius 1 is 0.923 bits per heavy atom. The second kappa shape index (κ2) is 12.4. The summed E-state index contributed by atoms with van der Waals surface area (Å²) in [5.41, 5.74) is 1.21. The molecule has 2 nitrogen and oxygen atoms in total. The molecule has 0 bridgehead atoms. The highest BCUT2D eigenvalue weighted by Gasteiger charge is 2.24. The molecule has 0 spiro atoms. The summed E-state index contributed by atoms with van der Waals surface area (Å²) in [7, 11) is 0. The van der Waals surface area contributed by atoms with E-state index in [1.165, 1.54) is 89.3 Å². The quantitative estimate of drug-likeness (QED) is 0.247. The fraction of sp³-hybridized carbons (Fsp3) is 0.792. The molecule has 1 aliphatic heterocycles. The number of carbonyl (C=O) groups excluding carboxylic acids is 1. The van der Waals surface area contributed by atoms with E-state index < -0.39 is 0 Å². The molecular weight excluding hydrogens is 318 g/mol. The SMILES string of the molecule is CCCCCCCC1CCC(C(=O)/C=C/C(C)=C/N2CCCCC2)CC1. The number of allylic oxidation sites excluding steroid dienone is 3. The molecule has 0 aromatic heterocycles. The fourth-order valence-electron chi connectivity index (χ4n) is 4.50. The summed E-state index contributed by atoms with van der Waals surface area (Å²) < 4.78 is 0. The Morgan fingerprint density at radius 2 is 1.62 bits per heavy atom. The molecule has 148 valence electrons.